The Morgan fingerprint density at radius 2 is 1.11 bits per heavy atom. The summed E-state index contributed by atoms with van der Waals surface area (Å²) in [6.45, 7) is 3.62. The van der Waals surface area contributed by atoms with Crippen molar-refractivity contribution in [1.29, 1.82) is 0 Å². The third-order valence-electron chi connectivity index (χ3n) is 9.87. The zero-order valence-electron chi connectivity index (χ0n) is 29.3. The molecule has 1 aliphatic heterocycles. The van der Waals surface area contributed by atoms with Crippen LogP contribution in [0.3, 0.4) is 0 Å². The minimum atomic E-state index is 0.640. The van der Waals surface area contributed by atoms with Crippen molar-refractivity contribution in [2.75, 3.05) is 62.3 Å². The Kier molecular flexibility index (Phi) is 12.3. The van der Waals surface area contributed by atoms with Crippen LogP contribution in [0.25, 0.3) is 21.5 Å². The summed E-state index contributed by atoms with van der Waals surface area (Å²) in [4.78, 5) is 2.69. The minimum Gasteiger partial charge on any atom is -0.493 e. The number of hydrogen-bond acceptors (Lipinski definition) is 7. The summed E-state index contributed by atoms with van der Waals surface area (Å²) in [6.07, 6.45) is 12.5. The number of methoxy groups -OCH3 is 6. The topological polar surface area (TPSA) is 58.6 Å². The van der Waals surface area contributed by atoms with E-state index in [1.165, 1.54) is 75.6 Å². The lowest BCUT2D eigenvalue weighted by molar-refractivity contribution is 0.275. The van der Waals surface area contributed by atoms with E-state index in [1.807, 2.05) is 12.1 Å². The van der Waals surface area contributed by atoms with E-state index < -0.39 is 0 Å². The first kappa shape index (κ1) is 34.5. The second kappa shape index (κ2) is 16.8. The average Bonchev–Trinajstić information content (AvgIpc) is 3.34. The first-order valence-electron chi connectivity index (χ1n) is 17.2. The van der Waals surface area contributed by atoms with Crippen LogP contribution in [0, 0.1) is 5.92 Å². The molecule has 5 rings (SSSR count). The van der Waals surface area contributed by atoms with Gasteiger partial charge in [-0.3, -0.25) is 0 Å². The number of ether oxygens (including phenoxy) is 6. The molecule has 1 saturated heterocycles. The molecule has 4 aromatic carbocycles. The van der Waals surface area contributed by atoms with Crippen LogP contribution in [0.15, 0.2) is 48.5 Å². The van der Waals surface area contributed by atoms with Gasteiger partial charge in [-0.05, 0) is 105 Å². The molecule has 1 heterocycles. The van der Waals surface area contributed by atoms with Gasteiger partial charge in [0.2, 0.25) is 11.5 Å². The van der Waals surface area contributed by atoms with E-state index in [4.69, 9.17) is 28.4 Å². The Hall–Kier alpha value is -3.84. The molecular formula is C40H53NO6. The second-order valence-corrected chi connectivity index (χ2v) is 12.7. The maximum absolute atomic E-state index is 5.68. The fourth-order valence-electron chi connectivity index (χ4n) is 7.35. The van der Waals surface area contributed by atoms with E-state index >= 15 is 0 Å². The molecule has 0 amide bonds. The Morgan fingerprint density at radius 3 is 1.64 bits per heavy atom. The molecule has 1 unspecified atom stereocenters. The van der Waals surface area contributed by atoms with Gasteiger partial charge in [0.1, 0.15) is 0 Å². The Balaban J connectivity index is 1.04. The van der Waals surface area contributed by atoms with Crippen molar-refractivity contribution in [1.82, 2.24) is 4.90 Å². The zero-order chi connectivity index (χ0) is 33.2. The van der Waals surface area contributed by atoms with Crippen LogP contribution in [0.2, 0.25) is 0 Å². The predicted molar refractivity (Wildman–Crippen MR) is 191 cm³/mol. The van der Waals surface area contributed by atoms with Crippen LogP contribution in [-0.4, -0.2) is 67.2 Å². The fourth-order valence-corrected chi connectivity index (χ4v) is 7.35. The summed E-state index contributed by atoms with van der Waals surface area (Å²) in [6, 6.07) is 17.4. The predicted octanol–water partition coefficient (Wildman–Crippen LogP) is 8.88. The molecular weight excluding hydrogens is 590 g/mol. The van der Waals surface area contributed by atoms with Crippen LogP contribution < -0.4 is 28.4 Å². The number of benzene rings is 4. The molecule has 254 valence electrons. The smallest absolute Gasteiger partial charge is 0.203 e. The highest BCUT2D eigenvalue weighted by atomic mass is 16.5. The summed E-state index contributed by atoms with van der Waals surface area (Å²) >= 11 is 0. The standard InChI is InChI=1S/C40H53NO6/c1-42-35-26-31-24-29(16-18-33(31)37(44-3)39(35)46-5)13-9-7-8-12-28-14-10-21-41(23-20-28)22-11-15-30-17-19-34-32(25-30)27-36(43-2)40(47-6)38(34)45-4/h16-19,24-28H,7-15,20-23H2,1-6H3. The number of unbranched alkanes of at least 4 members (excludes halogenated alkanes) is 2. The maximum atomic E-state index is 5.68. The largest absolute Gasteiger partial charge is 0.493 e. The van der Waals surface area contributed by atoms with Crippen LogP contribution in [0.5, 0.6) is 34.5 Å². The van der Waals surface area contributed by atoms with Gasteiger partial charge in [0.25, 0.3) is 0 Å². The fraction of sp³-hybridized carbons (Fsp3) is 0.500. The van der Waals surface area contributed by atoms with E-state index in [2.05, 4.69) is 41.3 Å². The van der Waals surface area contributed by atoms with Gasteiger partial charge in [-0.25, -0.2) is 0 Å². The molecule has 0 aromatic heterocycles. The summed E-state index contributed by atoms with van der Waals surface area (Å²) in [5, 5.41) is 4.34. The molecule has 0 radical (unpaired) electrons. The van der Waals surface area contributed by atoms with Gasteiger partial charge in [0, 0.05) is 10.8 Å². The lowest BCUT2D eigenvalue weighted by Gasteiger charge is -2.20. The molecule has 0 N–H and O–H groups in total. The number of rotatable bonds is 16. The highest BCUT2D eigenvalue weighted by molar-refractivity contribution is 5.94. The molecule has 1 aliphatic rings. The van der Waals surface area contributed by atoms with E-state index in [-0.39, 0.29) is 0 Å². The van der Waals surface area contributed by atoms with E-state index in [1.54, 1.807) is 42.7 Å². The Morgan fingerprint density at radius 1 is 0.553 bits per heavy atom. The van der Waals surface area contributed by atoms with Crippen molar-refractivity contribution < 1.29 is 28.4 Å². The molecule has 47 heavy (non-hydrogen) atoms. The van der Waals surface area contributed by atoms with Crippen molar-refractivity contribution in [3.05, 3.63) is 59.7 Å². The lowest BCUT2D eigenvalue weighted by Crippen LogP contribution is -2.26. The number of likely N-dealkylation sites (tertiary alicyclic amines) is 1. The highest BCUT2D eigenvalue weighted by Crippen LogP contribution is 2.44. The van der Waals surface area contributed by atoms with Gasteiger partial charge in [0.05, 0.1) is 42.7 Å². The average molecular weight is 644 g/mol. The van der Waals surface area contributed by atoms with Crippen LogP contribution >= 0.6 is 0 Å². The van der Waals surface area contributed by atoms with Crippen molar-refractivity contribution in [3.63, 3.8) is 0 Å². The summed E-state index contributed by atoms with van der Waals surface area (Å²) in [5.41, 5.74) is 2.71. The number of aryl methyl sites for hydroxylation is 2. The summed E-state index contributed by atoms with van der Waals surface area (Å²) in [7, 11) is 9.99. The van der Waals surface area contributed by atoms with Crippen LogP contribution in [0.4, 0.5) is 0 Å². The third-order valence-corrected chi connectivity index (χ3v) is 9.87. The van der Waals surface area contributed by atoms with Crippen LogP contribution in [0.1, 0.15) is 62.5 Å². The first-order valence-corrected chi connectivity index (χ1v) is 17.2. The van der Waals surface area contributed by atoms with Crippen molar-refractivity contribution in [2.24, 2.45) is 5.92 Å². The van der Waals surface area contributed by atoms with Crippen molar-refractivity contribution in [2.45, 2.75) is 64.2 Å². The van der Waals surface area contributed by atoms with Gasteiger partial charge in [-0.15, -0.1) is 0 Å². The molecule has 1 fully saturated rings. The van der Waals surface area contributed by atoms with Crippen LogP contribution in [-0.2, 0) is 12.8 Å². The quantitative estimate of drug-likeness (QED) is 0.113. The molecule has 0 spiro atoms. The monoisotopic (exact) mass is 643 g/mol. The Bertz CT molecular complexity index is 1620. The normalized spacial score (nSPS) is 15.4. The highest BCUT2D eigenvalue weighted by Gasteiger charge is 2.19. The van der Waals surface area contributed by atoms with Gasteiger partial charge in [0.15, 0.2) is 23.0 Å². The molecule has 7 heteroatoms. The van der Waals surface area contributed by atoms with Gasteiger partial charge in [-0.2, -0.15) is 0 Å². The number of hydrogen-bond donors (Lipinski definition) is 0. The number of fused-ring (bicyclic) bond motifs is 2. The van der Waals surface area contributed by atoms with E-state index in [9.17, 15) is 0 Å². The molecule has 1 atom stereocenters. The Labute approximate surface area is 281 Å². The summed E-state index contributed by atoms with van der Waals surface area (Å²) < 4.78 is 33.6. The van der Waals surface area contributed by atoms with Gasteiger partial charge in [-0.1, -0.05) is 55.7 Å². The van der Waals surface area contributed by atoms with E-state index in [0.717, 1.165) is 58.3 Å². The molecule has 0 bridgehead atoms. The van der Waals surface area contributed by atoms with Gasteiger partial charge < -0.3 is 33.3 Å². The first-order chi connectivity index (χ1) is 23.0. The second-order valence-electron chi connectivity index (χ2n) is 12.7. The summed E-state index contributed by atoms with van der Waals surface area (Å²) in [5.74, 6) is 4.99. The number of nitrogens with zero attached hydrogens (tertiary/aromatic N) is 1. The SMILES string of the molecule is COc1cc2cc(CCCCCC3CCCN(CCCc4ccc5c(OC)c(OC)c(OC)cc5c4)CC3)ccc2c(OC)c1OC. The minimum absolute atomic E-state index is 0.640. The van der Waals surface area contributed by atoms with Crippen molar-refractivity contribution in [3.8, 4) is 34.5 Å². The third kappa shape index (κ3) is 8.18. The zero-order valence-corrected chi connectivity index (χ0v) is 29.3. The maximum Gasteiger partial charge on any atom is 0.203 e. The van der Waals surface area contributed by atoms with Crippen molar-refractivity contribution >= 4 is 21.5 Å². The lowest BCUT2D eigenvalue weighted by atomic mass is 9.93. The molecule has 4 aromatic rings. The molecule has 0 aliphatic carbocycles. The van der Waals surface area contributed by atoms with Gasteiger partial charge >= 0.3 is 0 Å². The molecule has 0 saturated carbocycles. The van der Waals surface area contributed by atoms with E-state index in [0.29, 0.717) is 23.0 Å². The molecule has 7 nitrogen and oxygen atoms in total.